The number of benzene rings is 1. The molecule has 1 aromatic carbocycles. The van der Waals surface area contributed by atoms with E-state index in [1.165, 1.54) is 19.2 Å². The highest BCUT2D eigenvalue weighted by molar-refractivity contribution is 7.88. The Morgan fingerprint density at radius 1 is 1.12 bits per heavy atom. The van der Waals surface area contributed by atoms with Crippen LogP contribution >= 0.6 is 0 Å². The number of halogens is 1. The van der Waals surface area contributed by atoms with E-state index in [2.05, 4.69) is 25.2 Å². The second kappa shape index (κ2) is 13.2. The van der Waals surface area contributed by atoms with Crippen molar-refractivity contribution in [3.05, 3.63) is 52.9 Å². The van der Waals surface area contributed by atoms with Gasteiger partial charge in [-0.05, 0) is 83.1 Å². The zero-order valence-electron chi connectivity index (χ0n) is 24.8. The molecule has 15 heteroatoms. The molecular weight excluding hydrogens is 583 g/mol. The fourth-order valence-electron chi connectivity index (χ4n) is 4.99. The highest BCUT2D eigenvalue weighted by Gasteiger charge is 2.35. The number of aromatic nitrogens is 2. The topological polar surface area (TPSA) is 170 Å². The maximum Gasteiger partial charge on any atom is 0.422 e. The van der Waals surface area contributed by atoms with Crippen LogP contribution in [0.25, 0.3) is 0 Å². The molecule has 0 radical (unpaired) electrons. The first-order valence-corrected chi connectivity index (χ1v) is 15.4. The summed E-state index contributed by atoms with van der Waals surface area (Å²) in [5.74, 6) is -0.292. The van der Waals surface area contributed by atoms with Crippen LogP contribution in [-0.4, -0.2) is 61.0 Å². The first kappa shape index (κ1) is 32.1. The smallest absolute Gasteiger partial charge is 0.422 e. The summed E-state index contributed by atoms with van der Waals surface area (Å²) in [4.78, 5) is 39.2. The zero-order chi connectivity index (χ0) is 31.4. The van der Waals surface area contributed by atoms with Crippen LogP contribution in [0.3, 0.4) is 0 Å². The van der Waals surface area contributed by atoms with Crippen molar-refractivity contribution >= 4 is 27.9 Å². The normalized spacial score (nSPS) is 20.5. The maximum atomic E-state index is 13.7. The summed E-state index contributed by atoms with van der Waals surface area (Å²) in [6.07, 6.45) is 1.74. The number of rotatable bonds is 9. The summed E-state index contributed by atoms with van der Waals surface area (Å²) in [5.41, 5.74) is 1.08. The lowest BCUT2D eigenvalue weighted by Gasteiger charge is -2.31. The molecule has 2 heterocycles. The molecule has 0 saturated heterocycles. The molecule has 1 fully saturated rings. The lowest BCUT2D eigenvalue weighted by molar-refractivity contribution is 0.0243. The van der Waals surface area contributed by atoms with Gasteiger partial charge in [-0.25, -0.2) is 23.9 Å². The Balaban J connectivity index is 1.29. The Bertz CT molecular complexity index is 1490. The van der Waals surface area contributed by atoms with Crippen molar-refractivity contribution in [2.24, 2.45) is 11.1 Å². The second-order valence-corrected chi connectivity index (χ2v) is 13.0. The highest BCUT2D eigenvalue weighted by atomic mass is 32.2. The average molecular weight is 621 g/mol. The van der Waals surface area contributed by atoms with E-state index in [4.69, 9.17) is 14.3 Å². The Kier molecular flexibility index (Phi) is 9.85. The summed E-state index contributed by atoms with van der Waals surface area (Å²) in [6, 6.07) is 5.57. The van der Waals surface area contributed by atoms with Gasteiger partial charge in [-0.2, -0.15) is 13.1 Å². The maximum absolute atomic E-state index is 13.7. The Labute approximate surface area is 250 Å². The minimum atomic E-state index is -4.07. The van der Waals surface area contributed by atoms with Crippen LogP contribution in [0.2, 0.25) is 0 Å². The first-order valence-electron chi connectivity index (χ1n) is 13.9. The molecule has 1 saturated carbocycles. The monoisotopic (exact) mass is 620 g/mol. The van der Waals surface area contributed by atoms with E-state index in [0.717, 1.165) is 0 Å². The number of carbonyl (C=O) groups excluding carboxylic acids is 2. The number of aryl methyl sites for hydroxylation is 1. The SMILES string of the molecule is COc1cc(CNC(=O)c2cc(C3=NOC(C4CCC(NS(=O)(=O)NC(=O)OC(C)(C)C)CC4)C3)nc(C)n2)ccc1F. The van der Waals surface area contributed by atoms with E-state index in [-0.39, 0.29) is 36.1 Å². The summed E-state index contributed by atoms with van der Waals surface area (Å²) in [6.45, 7) is 6.76. The molecular formula is C28H37FN6O7S. The summed E-state index contributed by atoms with van der Waals surface area (Å²) in [5, 5.41) is 7.01. The molecule has 43 heavy (non-hydrogen) atoms. The van der Waals surface area contributed by atoms with Crippen LogP contribution in [0.1, 0.15) is 80.4 Å². The quantitative estimate of drug-likeness (QED) is 0.381. The highest BCUT2D eigenvalue weighted by Crippen LogP contribution is 2.33. The molecule has 13 nitrogen and oxygen atoms in total. The Morgan fingerprint density at radius 2 is 1.84 bits per heavy atom. The van der Waals surface area contributed by atoms with Crippen LogP contribution in [0.4, 0.5) is 9.18 Å². The fraction of sp³-hybridized carbons (Fsp3) is 0.536. The van der Waals surface area contributed by atoms with Crippen molar-refractivity contribution in [3.8, 4) is 5.75 Å². The lowest BCUT2D eigenvalue weighted by Crippen LogP contribution is -2.47. The van der Waals surface area contributed by atoms with Gasteiger partial charge in [0.05, 0.1) is 12.8 Å². The number of nitrogens with one attached hydrogen (secondary N) is 3. The minimum Gasteiger partial charge on any atom is -0.494 e. The van der Waals surface area contributed by atoms with Crippen LogP contribution in [0.15, 0.2) is 29.4 Å². The Hall–Kier alpha value is -3.85. The lowest BCUT2D eigenvalue weighted by atomic mass is 9.81. The van der Waals surface area contributed by atoms with Crippen LogP contribution in [-0.2, 0) is 26.3 Å². The second-order valence-electron chi connectivity index (χ2n) is 11.6. The average Bonchev–Trinajstić information content (AvgIpc) is 3.41. The third-order valence-electron chi connectivity index (χ3n) is 6.96. The molecule has 1 unspecified atom stereocenters. The molecule has 1 aliphatic carbocycles. The number of methoxy groups -OCH3 is 1. The third-order valence-corrected chi connectivity index (χ3v) is 8.04. The minimum absolute atomic E-state index is 0.0886. The van der Waals surface area contributed by atoms with Gasteiger partial charge in [0.25, 0.3) is 5.91 Å². The predicted octanol–water partition coefficient (Wildman–Crippen LogP) is 3.27. The molecule has 1 atom stereocenters. The van der Waals surface area contributed by atoms with Crippen molar-refractivity contribution in [2.45, 2.75) is 84.1 Å². The molecule has 1 aliphatic heterocycles. The number of carbonyl (C=O) groups is 2. The summed E-state index contributed by atoms with van der Waals surface area (Å²) >= 11 is 0. The van der Waals surface area contributed by atoms with E-state index >= 15 is 0 Å². The van der Waals surface area contributed by atoms with Gasteiger partial charge in [0.1, 0.15) is 28.9 Å². The molecule has 2 aromatic rings. The molecule has 2 amide bonds. The van der Waals surface area contributed by atoms with E-state index in [0.29, 0.717) is 54.9 Å². The van der Waals surface area contributed by atoms with Crippen molar-refractivity contribution in [1.82, 2.24) is 24.7 Å². The van der Waals surface area contributed by atoms with Gasteiger partial charge in [-0.3, -0.25) is 4.79 Å². The molecule has 1 aromatic heterocycles. The van der Waals surface area contributed by atoms with Crippen molar-refractivity contribution < 1.29 is 36.7 Å². The molecule has 0 spiro atoms. The van der Waals surface area contributed by atoms with Crippen molar-refractivity contribution in [1.29, 1.82) is 0 Å². The van der Waals surface area contributed by atoms with Gasteiger partial charge in [-0.1, -0.05) is 11.2 Å². The summed E-state index contributed by atoms with van der Waals surface area (Å²) in [7, 11) is -2.70. The van der Waals surface area contributed by atoms with E-state index < -0.39 is 33.6 Å². The third kappa shape index (κ3) is 9.07. The number of hydrogen-bond acceptors (Lipinski definition) is 10. The molecule has 2 aliphatic rings. The number of ether oxygens (including phenoxy) is 2. The fourth-order valence-corrected chi connectivity index (χ4v) is 5.98. The number of hydrogen-bond donors (Lipinski definition) is 3. The molecule has 234 valence electrons. The van der Waals surface area contributed by atoms with Gasteiger partial charge in [0.2, 0.25) is 0 Å². The number of amides is 2. The van der Waals surface area contributed by atoms with E-state index in [1.54, 1.807) is 39.8 Å². The van der Waals surface area contributed by atoms with Crippen LogP contribution in [0.5, 0.6) is 5.75 Å². The van der Waals surface area contributed by atoms with E-state index in [9.17, 15) is 22.4 Å². The van der Waals surface area contributed by atoms with Gasteiger partial charge < -0.3 is 19.6 Å². The van der Waals surface area contributed by atoms with Crippen LogP contribution < -0.4 is 19.5 Å². The molecule has 4 rings (SSSR count). The predicted molar refractivity (Wildman–Crippen MR) is 154 cm³/mol. The first-order chi connectivity index (χ1) is 20.2. The molecule has 3 N–H and O–H groups in total. The van der Waals surface area contributed by atoms with Gasteiger partial charge >= 0.3 is 16.3 Å². The van der Waals surface area contributed by atoms with Gasteiger partial charge in [0, 0.05) is 19.0 Å². The van der Waals surface area contributed by atoms with Gasteiger partial charge in [0.15, 0.2) is 11.6 Å². The Morgan fingerprint density at radius 3 is 2.51 bits per heavy atom. The van der Waals surface area contributed by atoms with Crippen LogP contribution in [0, 0.1) is 18.7 Å². The van der Waals surface area contributed by atoms with Gasteiger partial charge in [-0.15, -0.1) is 0 Å². The van der Waals surface area contributed by atoms with Crippen molar-refractivity contribution in [3.63, 3.8) is 0 Å². The number of nitrogens with zero attached hydrogens (tertiary/aromatic N) is 3. The van der Waals surface area contributed by atoms with Crippen molar-refractivity contribution in [2.75, 3.05) is 7.11 Å². The zero-order valence-corrected chi connectivity index (χ0v) is 25.6. The standard InChI is InChI=1S/C28H37FN6O7S/c1-16-31-21(13-23(32-16)26(36)30-15-17-6-11-20(29)25(12-17)40-5)22-14-24(42-33-22)18-7-9-19(10-8-18)34-43(38,39)35-27(37)41-28(2,3)4/h6,11-13,18-19,24,34H,7-10,14-15H2,1-5H3,(H,30,36)(H,35,37). The summed E-state index contributed by atoms with van der Waals surface area (Å²) < 4.78 is 52.8. The molecule has 0 bridgehead atoms. The largest absolute Gasteiger partial charge is 0.494 e. The van der Waals surface area contributed by atoms with E-state index in [1.807, 2.05) is 4.72 Å². The number of oxime groups is 1.